The van der Waals surface area contributed by atoms with Gasteiger partial charge in [0.1, 0.15) is 0 Å². The minimum Gasteiger partial charge on any atom is -0.334 e. The van der Waals surface area contributed by atoms with Crippen molar-refractivity contribution in [3.8, 4) is 0 Å². The molecular formula is C15H21AuO6. The molecule has 0 spiro atoms. The summed E-state index contributed by atoms with van der Waals surface area (Å²) in [5.41, 5.74) is 0. The van der Waals surface area contributed by atoms with Crippen molar-refractivity contribution in [1.82, 2.24) is 0 Å². The first kappa shape index (κ1) is 28.5. The summed E-state index contributed by atoms with van der Waals surface area (Å²) in [6.07, 6.45) is 3.17. The van der Waals surface area contributed by atoms with E-state index >= 15 is 0 Å². The summed E-state index contributed by atoms with van der Waals surface area (Å²) in [5, 5.41) is 0. The van der Waals surface area contributed by atoms with E-state index in [1.807, 2.05) is 0 Å². The van der Waals surface area contributed by atoms with Gasteiger partial charge in [-0.25, -0.2) is 0 Å². The van der Waals surface area contributed by atoms with Crippen LogP contribution >= 0.6 is 0 Å². The van der Waals surface area contributed by atoms with Crippen LogP contribution in [0.4, 0.5) is 0 Å². The van der Waals surface area contributed by atoms with Crippen LogP contribution in [0.3, 0.4) is 0 Å². The smallest absolute Gasteiger partial charge is 0.334 e. The first-order valence-electron chi connectivity index (χ1n) is 5.96. The molecule has 0 radical (unpaired) electrons. The zero-order chi connectivity index (χ0) is 17.6. The molecule has 0 aromatic carbocycles. The van der Waals surface area contributed by atoms with Crippen molar-refractivity contribution < 1.29 is 51.1 Å². The maximum Gasteiger partial charge on any atom is 3.00 e. The Morgan fingerprint density at radius 2 is 0.500 bits per heavy atom. The van der Waals surface area contributed by atoms with Gasteiger partial charge in [0.25, 0.3) is 0 Å². The molecule has 0 saturated heterocycles. The molecular weight excluding hydrogens is 473 g/mol. The number of rotatable bonds is 6. The average Bonchev–Trinajstić information content (AvgIpc) is 2.10. The molecule has 7 heteroatoms. The van der Waals surface area contributed by atoms with Crippen LogP contribution in [0.25, 0.3) is 0 Å². The summed E-state index contributed by atoms with van der Waals surface area (Å²) in [6, 6.07) is 0. The Morgan fingerprint density at radius 1 is 0.409 bits per heavy atom. The van der Waals surface area contributed by atoms with Gasteiger partial charge < -0.3 is 28.8 Å². The van der Waals surface area contributed by atoms with Crippen molar-refractivity contribution >= 4 is 34.7 Å². The molecule has 0 amide bonds. The van der Waals surface area contributed by atoms with Crippen LogP contribution in [0.2, 0.25) is 0 Å². The predicted octanol–water partition coefficient (Wildman–Crippen LogP) is 1.10. The van der Waals surface area contributed by atoms with Crippen LogP contribution in [0, 0.1) is 19.3 Å². The molecule has 0 aromatic heterocycles. The Balaban J connectivity index is -0.000000108. The normalized spacial score (nSPS) is 7.36. The van der Waals surface area contributed by atoms with Crippen molar-refractivity contribution in [1.29, 1.82) is 0 Å². The Morgan fingerprint density at radius 3 is 0.500 bits per heavy atom. The van der Waals surface area contributed by atoms with Crippen LogP contribution in [-0.4, -0.2) is 34.7 Å². The van der Waals surface area contributed by atoms with E-state index in [-0.39, 0.29) is 57.1 Å². The first-order valence-corrected chi connectivity index (χ1v) is 5.96. The van der Waals surface area contributed by atoms with E-state index in [1.165, 1.54) is 41.5 Å². The molecule has 0 heterocycles. The van der Waals surface area contributed by atoms with Gasteiger partial charge in [-0.2, -0.15) is 0 Å². The van der Waals surface area contributed by atoms with Gasteiger partial charge in [-0.05, 0) is 41.5 Å². The molecule has 0 aliphatic carbocycles. The van der Waals surface area contributed by atoms with Gasteiger partial charge in [0.2, 0.25) is 0 Å². The molecule has 0 rings (SSSR count). The molecule has 0 fully saturated rings. The van der Waals surface area contributed by atoms with Crippen LogP contribution in [-0.2, 0) is 51.1 Å². The summed E-state index contributed by atoms with van der Waals surface area (Å²) < 4.78 is 0. The van der Waals surface area contributed by atoms with Crippen molar-refractivity contribution in [2.45, 2.75) is 41.5 Å². The zero-order valence-electron chi connectivity index (χ0n) is 13.5. The fraction of sp³-hybridized carbons (Fsp3) is 0.400. The monoisotopic (exact) mass is 494 g/mol. The summed E-state index contributed by atoms with van der Waals surface area (Å²) in [4.78, 5) is 59.9. The molecule has 0 bridgehead atoms. The van der Waals surface area contributed by atoms with Gasteiger partial charge in [-0.1, -0.05) is 0 Å². The minimum absolute atomic E-state index is 0. The fourth-order valence-corrected chi connectivity index (χ4v) is 0.859. The molecule has 0 atom stereocenters. The second-order valence-corrected chi connectivity index (χ2v) is 4.10. The van der Waals surface area contributed by atoms with E-state index in [4.69, 9.17) is 0 Å². The van der Waals surface area contributed by atoms with Gasteiger partial charge >= 0.3 is 22.4 Å². The van der Waals surface area contributed by atoms with E-state index in [1.54, 1.807) is 0 Å². The van der Waals surface area contributed by atoms with E-state index in [2.05, 4.69) is 0 Å². The van der Waals surface area contributed by atoms with Crippen molar-refractivity contribution in [2.75, 3.05) is 0 Å². The third-order valence-corrected chi connectivity index (χ3v) is 1.22. The van der Waals surface area contributed by atoms with Gasteiger partial charge in [0.15, 0.2) is 0 Å². The third-order valence-electron chi connectivity index (χ3n) is 1.22. The predicted molar refractivity (Wildman–Crippen MR) is 77.0 cm³/mol. The summed E-state index contributed by atoms with van der Waals surface area (Å²) in [5.74, 6) is -1.12. The van der Waals surface area contributed by atoms with Gasteiger partial charge in [-0.15, -0.1) is 0 Å². The maximum atomic E-state index is 9.98. The van der Waals surface area contributed by atoms with Gasteiger partial charge in [0.05, 0.1) is 0 Å². The molecule has 0 N–H and O–H groups in total. The number of carbonyl (C=O) groups excluding carboxylic acids is 6. The zero-order valence-corrected chi connectivity index (χ0v) is 15.6. The minimum atomic E-state index is -0.187. The fourth-order valence-electron chi connectivity index (χ4n) is 0.859. The molecule has 0 unspecified atom stereocenters. The Hall–Kier alpha value is -1.63. The van der Waals surface area contributed by atoms with Gasteiger partial charge in [0, 0.05) is 34.7 Å². The van der Waals surface area contributed by atoms with E-state index in [0.29, 0.717) is 0 Å². The standard InChI is InChI=1S/3C5H7O2.Au/c3*1-4(6)3-5(2)7;/h3*3H,1-2H3;/q3*-1;+3. The molecule has 0 aliphatic rings. The molecule has 6 nitrogen and oxygen atoms in total. The van der Waals surface area contributed by atoms with Crippen molar-refractivity contribution in [2.24, 2.45) is 0 Å². The molecule has 128 valence electrons. The van der Waals surface area contributed by atoms with E-state index < -0.39 is 0 Å². The van der Waals surface area contributed by atoms with Crippen LogP contribution in [0.5, 0.6) is 0 Å². The number of hydrogen-bond acceptors (Lipinski definition) is 6. The number of hydrogen-bond donors (Lipinski definition) is 0. The number of carbonyl (C=O) groups is 6. The Bertz CT molecular complexity index is 314. The molecule has 0 aromatic rings. The number of Topliss-reactive ketones (excluding diaryl/α,β-unsaturated/α-hetero) is 6. The number of ketones is 6. The summed E-state index contributed by atoms with van der Waals surface area (Å²) in [6.45, 7) is 8.09. The van der Waals surface area contributed by atoms with E-state index in [9.17, 15) is 28.8 Å². The topological polar surface area (TPSA) is 102 Å². The molecule has 0 aliphatic heterocycles. The Labute approximate surface area is 146 Å². The molecule has 22 heavy (non-hydrogen) atoms. The van der Waals surface area contributed by atoms with Crippen LogP contribution < -0.4 is 0 Å². The van der Waals surface area contributed by atoms with Crippen LogP contribution in [0.1, 0.15) is 41.5 Å². The van der Waals surface area contributed by atoms with Crippen molar-refractivity contribution in [3.05, 3.63) is 19.3 Å². The van der Waals surface area contributed by atoms with Crippen molar-refractivity contribution in [3.63, 3.8) is 0 Å². The first-order chi connectivity index (χ1) is 9.38. The SMILES string of the molecule is CC(=O)[CH-]C(C)=O.CC(=O)[CH-]C(C)=O.CC(=O)[CH-]C(C)=O.[Au+3]. The Kier molecular flexibility index (Phi) is 22.6. The second kappa shape index (κ2) is 17.4. The molecule has 0 saturated carbocycles. The summed E-state index contributed by atoms with van der Waals surface area (Å²) >= 11 is 0. The average molecular weight is 494 g/mol. The van der Waals surface area contributed by atoms with Crippen LogP contribution in [0.15, 0.2) is 0 Å². The van der Waals surface area contributed by atoms with Gasteiger partial charge in [-0.3, -0.25) is 19.3 Å². The third kappa shape index (κ3) is 51.5. The second-order valence-electron chi connectivity index (χ2n) is 4.10. The summed E-state index contributed by atoms with van der Waals surface area (Å²) in [7, 11) is 0. The van der Waals surface area contributed by atoms with E-state index in [0.717, 1.165) is 19.3 Å². The quantitative estimate of drug-likeness (QED) is 0.312. The largest absolute Gasteiger partial charge is 3.00 e. The maximum absolute atomic E-state index is 9.98.